The lowest BCUT2D eigenvalue weighted by atomic mass is 10.1. The summed E-state index contributed by atoms with van der Waals surface area (Å²) in [5.74, 6) is -3.67. The fourth-order valence-corrected chi connectivity index (χ4v) is 2.02. The van der Waals surface area contributed by atoms with Crippen LogP contribution in [0.1, 0.15) is 18.9 Å². The average Bonchev–Trinajstić information content (AvgIpc) is 2.47. The number of benzene rings is 2. The molecule has 0 heterocycles. The molecule has 112 valence electrons. The second-order valence-electron chi connectivity index (χ2n) is 4.97. The number of nitrogens with one attached hydrogen (secondary N) is 1. The van der Waals surface area contributed by atoms with Crippen LogP contribution in [-0.2, 0) is 6.42 Å². The maximum Gasteiger partial charge on any atom is 0.196 e. The first-order valence-corrected chi connectivity index (χ1v) is 6.65. The van der Waals surface area contributed by atoms with Crippen molar-refractivity contribution in [1.29, 1.82) is 0 Å². The molecule has 2 nitrogen and oxygen atoms in total. The van der Waals surface area contributed by atoms with Crippen molar-refractivity contribution >= 4 is 5.69 Å². The second-order valence-corrected chi connectivity index (χ2v) is 4.97. The Morgan fingerprint density at radius 1 is 1.00 bits per heavy atom. The lowest BCUT2D eigenvalue weighted by Crippen LogP contribution is -2.17. The zero-order chi connectivity index (χ0) is 15.4. The van der Waals surface area contributed by atoms with Gasteiger partial charge >= 0.3 is 0 Å². The molecule has 0 aliphatic rings. The van der Waals surface area contributed by atoms with Gasteiger partial charge in [-0.3, -0.25) is 0 Å². The number of anilines is 1. The Morgan fingerprint density at radius 2 is 1.67 bits per heavy atom. The summed E-state index contributed by atoms with van der Waals surface area (Å²) in [5, 5.41) is 12.0. The van der Waals surface area contributed by atoms with Gasteiger partial charge in [0.1, 0.15) is 5.75 Å². The van der Waals surface area contributed by atoms with E-state index < -0.39 is 17.5 Å². The zero-order valence-electron chi connectivity index (χ0n) is 11.5. The SMILES string of the molecule is CC(CCc1ccc(O)cc1)Nc1ccc(F)c(F)c1F. The van der Waals surface area contributed by atoms with E-state index in [0.29, 0.717) is 6.42 Å². The fraction of sp³-hybridized carbons (Fsp3) is 0.250. The highest BCUT2D eigenvalue weighted by atomic mass is 19.2. The number of hydrogen-bond acceptors (Lipinski definition) is 2. The molecule has 5 heteroatoms. The molecular weight excluding hydrogens is 279 g/mol. The molecule has 0 bridgehead atoms. The molecule has 2 aromatic carbocycles. The first-order valence-electron chi connectivity index (χ1n) is 6.65. The van der Waals surface area contributed by atoms with Gasteiger partial charge in [-0.2, -0.15) is 0 Å². The highest BCUT2D eigenvalue weighted by Crippen LogP contribution is 2.21. The van der Waals surface area contributed by atoms with Crippen LogP contribution in [0.5, 0.6) is 5.75 Å². The van der Waals surface area contributed by atoms with Crippen LogP contribution in [0, 0.1) is 17.5 Å². The van der Waals surface area contributed by atoms with Crippen LogP contribution in [0.15, 0.2) is 36.4 Å². The third-order valence-electron chi connectivity index (χ3n) is 3.24. The quantitative estimate of drug-likeness (QED) is 0.809. The predicted octanol–water partition coefficient (Wildman–Crippen LogP) is 4.24. The lowest BCUT2D eigenvalue weighted by molar-refractivity contribution is 0.448. The number of rotatable bonds is 5. The smallest absolute Gasteiger partial charge is 0.196 e. The Kier molecular flexibility index (Phi) is 4.73. The van der Waals surface area contributed by atoms with Crippen LogP contribution >= 0.6 is 0 Å². The van der Waals surface area contributed by atoms with Gasteiger partial charge in [0, 0.05) is 6.04 Å². The molecule has 0 spiro atoms. The van der Waals surface area contributed by atoms with Crippen LogP contribution in [-0.4, -0.2) is 11.1 Å². The molecule has 0 amide bonds. The van der Waals surface area contributed by atoms with E-state index in [2.05, 4.69) is 5.32 Å². The molecule has 0 saturated carbocycles. The minimum absolute atomic E-state index is 0.0490. The van der Waals surface area contributed by atoms with Crippen LogP contribution in [0.25, 0.3) is 0 Å². The van der Waals surface area contributed by atoms with Crippen LogP contribution in [0.2, 0.25) is 0 Å². The van der Waals surface area contributed by atoms with Crippen molar-refractivity contribution in [3.05, 3.63) is 59.4 Å². The molecule has 0 aromatic heterocycles. The van der Waals surface area contributed by atoms with Gasteiger partial charge in [0.2, 0.25) is 0 Å². The van der Waals surface area contributed by atoms with Crippen molar-refractivity contribution in [3.63, 3.8) is 0 Å². The van der Waals surface area contributed by atoms with Gasteiger partial charge in [0.05, 0.1) is 5.69 Å². The van der Waals surface area contributed by atoms with Crippen LogP contribution < -0.4 is 5.32 Å². The van der Waals surface area contributed by atoms with Gasteiger partial charge in [-0.05, 0) is 49.6 Å². The van der Waals surface area contributed by atoms with Crippen molar-refractivity contribution in [3.8, 4) is 5.75 Å². The van der Waals surface area contributed by atoms with E-state index in [1.807, 2.05) is 6.92 Å². The van der Waals surface area contributed by atoms with Crippen molar-refractivity contribution in [2.75, 3.05) is 5.32 Å². The highest BCUT2D eigenvalue weighted by Gasteiger charge is 2.14. The molecule has 2 N–H and O–H groups in total. The van der Waals surface area contributed by atoms with Crippen LogP contribution in [0.4, 0.5) is 18.9 Å². The molecule has 2 rings (SSSR count). The minimum Gasteiger partial charge on any atom is -0.508 e. The number of aromatic hydroxyl groups is 1. The van der Waals surface area contributed by atoms with Gasteiger partial charge in [0.15, 0.2) is 17.5 Å². The predicted molar refractivity (Wildman–Crippen MR) is 75.8 cm³/mol. The van der Waals surface area contributed by atoms with Crippen LogP contribution in [0.3, 0.4) is 0 Å². The van der Waals surface area contributed by atoms with Gasteiger partial charge in [-0.15, -0.1) is 0 Å². The molecule has 2 aromatic rings. The summed E-state index contributed by atoms with van der Waals surface area (Å²) in [7, 11) is 0. The van der Waals surface area contributed by atoms with Gasteiger partial charge in [-0.25, -0.2) is 13.2 Å². The van der Waals surface area contributed by atoms with Crippen molar-refractivity contribution in [2.24, 2.45) is 0 Å². The van der Waals surface area contributed by atoms with E-state index in [9.17, 15) is 18.3 Å². The molecular formula is C16H16F3NO. The second kappa shape index (κ2) is 6.52. The molecule has 1 atom stereocenters. The summed E-state index contributed by atoms with van der Waals surface area (Å²) >= 11 is 0. The number of phenols is 1. The molecule has 0 saturated heterocycles. The Bertz CT molecular complexity index is 614. The third-order valence-corrected chi connectivity index (χ3v) is 3.24. The monoisotopic (exact) mass is 295 g/mol. The van der Waals surface area contributed by atoms with E-state index in [1.54, 1.807) is 24.3 Å². The van der Waals surface area contributed by atoms with E-state index in [1.165, 1.54) is 6.07 Å². The van der Waals surface area contributed by atoms with E-state index in [4.69, 9.17) is 0 Å². The lowest BCUT2D eigenvalue weighted by Gasteiger charge is -2.16. The average molecular weight is 295 g/mol. The third kappa shape index (κ3) is 3.90. The van der Waals surface area contributed by atoms with Gasteiger partial charge in [0.25, 0.3) is 0 Å². The maximum atomic E-state index is 13.5. The largest absolute Gasteiger partial charge is 0.508 e. The molecule has 0 aliphatic carbocycles. The van der Waals surface area contributed by atoms with E-state index >= 15 is 0 Å². The molecule has 0 fully saturated rings. The molecule has 1 unspecified atom stereocenters. The number of phenolic OH excluding ortho intramolecular Hbond substituents is 1. The Balaban J connectivity index is 1.94. The number of hydrogen-bond donors (Lipinski definition) is 2. The normalized spacial score (nSPS) is 12.2. The first-order chi connectivity index (χ1) is 9.97. The minimum atomic E-state index is -1.47. The summed E-state index contributed by atoms with van der Waals surface area (Å²) in [6.07, 6.45) is 1.41. The molecule has 0 radical (unpaired) electrons. The van der Waals surface area contributed by atoms with Crippen molar-refractivity contribution in [2.45, 2.75) is 25.8 Å². The Hall–Kier alpha value is -2.17. The van der Waals surface area contributed by atoms with Gasteiger partial charge < -0.3 is 10.4 Å². The van der Waals surface area contributed by atoms with Crippen molar-refractivity contribution < 1.29 is 18.3 Å². The number of halogens is 3. The number of aryl methyl sites for hydroxylation is 1. The van der Waals surface area contributed by atoms with Crippen molar-refractivity contribution in [1.82, 2.24) is 0 Å². The van der Waals surface area contributed by atoms with Gasteiger partial charge in [-0.1, -0.05) is 12.1 Å². The Labute approximate surface area is 121 Å². The summed E-state index contributed by atoms with van der Waals surface area (Å²) in [6.45, 7) is 1.83. The highest BCUT2D eigenvalue weighted by molar-refractivity contribution is 5.46. The summed E-state index contributed by atoms with van der Waals surface area (Å²) in [4.78, 5) is 0. The summed E-state index contributed by atoms with van der Waals surface area (Å²) in [6, 6.07) is 8.78. The first kappa shape index (κ1) is 15.2. The topological polar surface area (TPSA) is 32.3 Å². The summed E-state index contributed by atoms with van der Waals surface area (Å²) in [5.41, 5.74) is 0.985. The fourth-order valence-electron chi connectivity index (χ4n) is 2.02. The maximum absolute atomic E-state index is 13.5. The Morgan fingerprint density at radius 3 is 2.33 bits per heavy atom. The van der Waals surface area contributed by atoms with E-state index in [0.717, 1.165) is 18.1 Å². The molecule has 21 heavy (non-hydrogen) atoms. The molecule has 0 aliphatic heterocycles. The van der Waals surface area contributed by atoms with E-state index in [-0.39, 0.29) is 17.5 Å². The zero-order valence-corrected chi connectivity index (χ0v) is 11.5. The summed E-state index contributed by atoms with van der Waals surface area (Å²) < 4.78 is 39.5. The standard InChI is InChI=1S/C16H16F3NO/c1-10(2-3-11-4-6-12(21)7-5-11)20-14-9-8-13(17)15(18)16(14)19/h4-10,20-21H,2-3H2,1H3.